The van der Waals surface area contributed by atoms with Crippen LogP contribution in [0.25, 0.3) is 0 Å². The summed E-state index contributed by atoms with van der Waals surface area (Å²) >= 11 is 0. The minimum absolute atomic E-state index is 0.0309. The SMILES string of the molecule is CCn1c(C2(OCCO)CCN(S(=O)(=O)c3cc(F)ccc3C)CC2)nc(C(=O)O)c(O)c1=O. The summed E-state index contributed by atoms with van der Waals surface area (Å²) in [4.78, 5) is 28.0. The van der Waals surface area contributed by atoms with Crippen molar-refractivity contribution in [3.63, 3.8) is 0 Å². The fourth-order valence-corrected chi connectivity index (χ4v) is 5.76. The zero-order valence-electron chi connectivity index (χ0n) is 18.7. The van der Waals surface area contributed by atoms with Crippen molar-refractivity contribution in [1.29, 1.82) is 0 Å². The van der Waals surface area contributed by atoms with E-state index in [-0.39, 0.29) is 56.4 Å². The van der Waals surface area contributed by atoms with Gasteiger partial charge in [0.15, 0.2) is 5.69 Å². The molecule has 0 spiro atoms. The van der Waals surface area contributed by atoms with Crippen LogP contribution in [-0.4, -0.2) is 69.9 Å². The van der Waals surface area contributed by atoms with Gasteiger partial charge in [-0.15, -0.1) is 0 Å². The first-order valence-electron chi connectivity index (χ1n) is 10.6. The highest BCUT2D eigenvalue weighted by Gasteiger charge is 2.44. The molecule has 1 aromatic carbocycles. The Kier molecular flexibility index (Phi) is 7.41. The van der Waals surface area contributed by atoms with E-state index in [1.807, 2.05) is 0 Å². The molecule has 0 aliphatic carbocycles. The van der Waals surface area contributed by atoms with Crippen LogP contribution in [0.4, 0.5) is 4.39 Å². The normalized spacial score (nSPS) is 16.5. The van der Waals surface area contributed by atoms with Gasteiger partial charge in [0.05, 0.1) is 18.1 Å². The fourth-order valence-electron chi connectivity index (χ4n) is 4.09. The smallest absolute Gasteiger partial charge is 0.358 e. The fraction of sp³-hybridized carbons (Fsp3) is 0.476. The van der Waals surface area contributed by atoms with Crippen molar-refractivity contribution >= 4 is 16.0 Å². The highest BCUT2D eigenvalue weighted by atomic mass is 32.2. The number of aromatic hydroxyl groups is 1. The van der Waals surface area contributed by atoms with Crippen LogP contribution in [-0.2, 0) is 26.9 Å². The van der Waals surface area contributed by atoms with Crippen LogP contribution in [0, 0.1) is 12.7 Å². The Morgan fingerprint density at radius 2 is 1.94 bits per heavy atom. The van der Waals surface area contributed by atoms with Crippen LogP contribution in [0.15, 0.2) is 27.9 Å². The predicted octanol–water partition coefficient (Wildman–Crippen LogP) is 0.803. The largest absolute Gasteiger partial charge is 0.501 e. The Labute approximate surface area is 195 Å². The summed E-state index contributed by atoms with van der Waals surface area (Å²) in [6.07, 6.45) is -0.0618. The summed E-state index contributed by atoms with van der Waals surface area (Å²) in [5.41, 5.74) is -2.84. The summed E-state index contributed by atoms with van der Waals surface area (Å²) in [7, 11) is -4.05. The Morgan fingerprint density at radius 3 is 2.50 bits per heavy atom. The quantitative estimate of drug-likeness (QED) is 0.477. The first-order chi connectivity index (χ1) is 16.0. The first kappa shape index (κ1) is 25.7. The van der Waals surface area contributed by atoms with Crippen LogP contribution in [0.3, 0.4) is 0 Å². The average Bonchev–Trinajstić information content (AvgIpc) is 2.80. The molecular weight excluding hydrogens is 473 g/mol. The molecule has 0 bridgehead atoms. The van der Waals surface area contributed by atoms with Gasteiger partial charge in [-0.3, -0.25) is 9.36 Å². The summed E-state index contributed by atoms with van der Waals surface area (Å²) in [6, 6.07) is 3.48. The van der Waals surface area contributed by atoms with E-state index in [1.54, 1.807) is 13.8 Å². The maximum absolute atomic E-state index is 13.7. The van der Waals surface area contributed by atoms with Crippen molar-refractivity contribution in [3.8, 4) is 5.75 Å². The highest BCUT2D eigenvalue weighted by Crippen LogP contribution is 2.38. The number of nitrogens with zero attached hydrogens (tertiary/aromatic N) is 3. The molecule has 2 heterocycles. The van der Waals surface area contributed by atoms with E-state index >= 15 is 0 Å². The number of piperidine rings is 1. The predicted molar refractivity (Wildman–Crippen MR) is 117 cm³/mol. The number of aromatic nitrogens is 2. The number of aryl methyl sites for hydroxylation is 1. The van der Waals surface area contributed by atoms with E-state index in [0.29, 0.717) is 5.56 Å². The Balaban J connectivity index is 2.05. The number of aliphatic hydroxyl groups is 1. The van der Waals surface area contributed by atoms with Gasteiger partial charge in [0.2, 0.25) is 15.8 Å². The van der Waals surface area contributed by atoms with Gasteiger partial charge < -0.3 is 20.1 Å². The molecule has 186 valence electrons. The summed E-state index contributed by atoms with van der Waals surface area (Å²) in [5.74, 6) is -3.40. The minimum atomic E-state index is -4.05. The number of carbonyl (C=O) groups is 1. The molecule has 11 nitrogen and oxygen atoms in total. The van der Waals surface area contributed by atoms with E-state index in [2.05, 4.69) is 4.98 Å². The summed E-state index contributed by atoms with van der Waals surface area (Å²) < 4.78 is 48.2. The van der Waals surface area contributed by atoms with Crippen molar-refractivity contribution in [3.05, 3.63) is 51.5 Å². The molecule has 0 atom stereocenters. The van der Waals surface area contributed by atoms with Crippen LogP contribution in [0.2, 0.25) is 0 Å². The van der Waals surface area contributed by atoms with Gasteiger partial charge in [-0.1, -0.05) is 6.07 Å². The highest BCUT2D eigenvalue weighted by molar-refractivity contribution is 7.89. The number of benzene rings is 1. The Hall–Kier alpha value is -2.87. The molecule has 2 aromatic rings. The molecule has 1 aromatic heterocycles. The first-order valence-corrected chi connectivity index (χ1v) is 12.0. The van der Waals surface area contributed by atoms with E-state index in [9.17, 15) is 37.7 Å². The minimum Gasteiger partial charge on any atom is -0.501 e. The second-order valence-corrected chi connectivity index (χ2v) is 9.77. The zero-order valence-corrected chi connectivity index (χ0v) is 19.5. The Morgan fingerprint density at radius 1 is 1.29 bits per heavy atom. The monoisotopic (exact) mass is 499 g/mol. The molecular formula is C21H26FN3O8S. The number of hydrogen-bond acceptors (Lipinski definition) is 8. The summed E-state index contributed by atoms with van der Waals surface area (Å²) in [6.45, 7) is 2.41. The van der Waals surface area contributed by atoms with Crippen molar-refractivity contribution in [2.24, 2.45) is 0 Å². The van der Waals surface area contributed by atoms with Gasteiger partial charge in [-0.2, -0.15) is 4.31 Å². The van der Waals surface area contributed by atoms with Crippen LogP contribution >= 0.6 is 0 Å². The summed E-state index contributed by atoms with van der Waals surface area (Å²) in [5, 5.41) is 28.7. The van der Waals surface area contributed by atoms with Crippen LogP contribution in [0.1, 0.15) is 41.6 Å². The van der Waals surface area contributed by atoms with E-state index < -0.39 is 44.4 Å². The van der Waals surface area contributed by atoms with Crippen molar-refractivity contribution in [2.45, 2.75) is 43.7 Å². The van der Waals surface area contributed by atoms with Gasteiger partial charge in [-0.25, -0.2) is 22.6 Å². The third-order valence-corrected chi connectivity index (χ3v) is 7.88. The van der Waals surface area contributed by atoms with Crippen molar-refractivity contribution in [1.82, 2.24) is 13.9 Å². The van der Waals surface area contributed by atoms with E-state index in [1.165, 1.54) is 12.1 Å². The van der Waals surface area contributed by atoms with Gasteiger partial charge in [0.25, 0.3) is 5.56 Å². The third kappa shape index (κ3) is 4.56. The lowest BCUT2D eigenvalue weighted by molar-refractivity contribution is -0.0985. The molecule has 13 heteroatoms. The number of aromatic carboxylic acids is 1. The van der Waals surface area contributed by atoms with E-state index in [0.717, 1.165) is 14.9 Å². The molecule has 0 radical (unpaired) electrons. The van der Waals surface area contributed by atoms with E-state index in [4.69, 9.17) is 4.74 Å². The van der Waals surface area contributed by atoms with Crippen molar-refractivity contribution in [2.75, 3.05) is 26.3 Å². The van der Waals surface area contributed by atoms with Crippen LogP contribution < -0.4 is 5.56 Å². The van der Waals surface area contributed by atoms with Gasteiger partial charge in [-0.05, 0) is 44.4 Å². The molecule has 1 aliphatic heterocycles. The lowest BCUT2D eigenvalue weighted by Gasteiger charge is -2.41. The number of aliphatic hydroxyl groups excluding tert-OH is 1. The molecule has 0 saturated carbocycles. The molecule has 1 aliphatic rings. The average molecular weight is 500 g/mol. The molecule has 0 amide bonds. The number of sulfonamides is 1. The molecule has 3 rings (SSSR count). The Bertz CT molecular complexity index is 1250. The molecule has 1 fully saturated rings. The van der Waals surface area contributed by atoms with Gasteiger partial charge in [0, 0.05) is 19.6 Å². The van der Waals surface area contributed by atoms with Crippen molar-refractivity contribution < 1.29 is 37.7 Å². The second kappa shape index (κ2) is 9.78. The standard InChI is InChI=1S/C21H26FN3O8S/c1-3-25-18(28)17(27)16(19(29)30)23-20(25)21(33-11-10-26)6-8-24(9-7-21)34(31,32)15-12-14(22)5-4-13(15)2/h4-5,12,26-27H,3,6-11H2,1-2H3,(H,29,30). The number of carboxylic acid groups (broad SMARTS) is 1. The number of carboxylic acids is 1. The number of ether oxygens (including phenoxy) is 1. The maximum Gasteiger partial charge on any atom is 0.358 e. The topological polar surface area (TPSA) is 159 Å². The second-order valence-electron chi connectivity index (χ2n) is 7.87. The lowest BCUT2D eigenvalue weighted by Crippen LogP contribution is -2.49. The molecule has 0 unspecified atom stereocenters. The third-order valence-electron chi connectivity index (χ3n) is 5.84. The molecule has 3 N–H and O–H groups in total. The van der Waals surface area contributed by atoms with Gasteiger partial charge in [0.1, 0.15) is 17.2 Å². The molecule has 34 heavy (non-hydrogen) atoms. The zero-order chi connectivity index (χ0) is 25.3. The number of halogens is 1. The van der Waals surface area contributed by atoms with Crippen LogP contribution in [0.5, 0.6) is 5.75 Å². The lowest BCUT2D eigenvalue weighted by atomic mass is 9.90. The number of hydrogen-bond donors (Lipinski definition) is 3. The number of rotatable bonds is 8. The molecule has 1 saturated heterocycles. The van der Waals surface area contributed by atoms with Gasteiger partial charge >= 0.3 is 5.97 Å². The maximum atomic E-state index is 13.7.